The molecule has 0 N–H and O–H groups in total. The molecule has 0 aromatic carbocycles. The zero-order chi connectivity index (χ0) is 47.7. The molecule has 384 valence electrons. The van der Waals surface area contributed by atoms with E-state index in [-0.39, 0.29) is 25.2 Å². The Kier molecular flexibility index (Phi) is 54.9. The Hall–Kier alpha value is -2.40. The maximum Gasteiger partial charge on any atom is 0.306 e. The van der Waals surface area contributed by atoms with Gasteiger partial charge in [0.2, 0.25) is 0 Å². The maximum atomic E-state index is 12.9. The van der Waals surface area contributed by atoms with E-state index in [1.54, 1.807) is 0 Å². The summed E-state index contributed by atoms with van der Waals surface area (Å²) in [7, 11) is 0. The number of esters is 2. The van der Waals surface area contributed by atoms with Crippen LogP contribution in [0.5, 0.6) is 0 Å². The second kappa shape index (κ2) is 56.9. The number of allylic oxidation sites excluding steroid dienone is 10. The van der Waals surface area contributed by atoms with E-state index in [0.29, 0.717) is 19.4 Å². The van der Waals surface area contributed by atoms with E-state index in [2.05, 4.69) is 81.5 Å². The van der Waals surface area contributed by atoms with Crippen molar-refractivity contribution in [2.75, 3.05) is 19.8 Å². The predicted octanol–water partition coefficient (Wildman–Crippen LogP) is 19.7. The topological polar surface area (TPSA) is 61.8 Å². The fourth-order valence-electron chi connectivity index (χ4n) is 8.26. The van der Waals surface area contributed by atoms with Crippen LogP contribution in [0, 0.1) is 0 Å². The van der Waals surface area contributed by atoms with E-state index in [0.717, 1.165) is 77.0 Å². The van der Waals surface area contributed by atoms with Gasteiger partial charge in [0, 0.05) is 19.4 Å². The highest BCUT2D eigenvalue weighted by Gasteiger charge is 2.17. The highest BCUT2D eigenvalue weighted by Crippen LogP contribution is 2.16. The number of carbonyl (C=O) groups is 2. The van der Waals surface area contributed by atoms with Gasteiger partial charge in [-0.1, -0.05) is 255 Å². The third-order valence-electron chi connectivity index (χ3n) is 12.5. The van der Waals surface area contributed by atoms with Crippen LogP contribution in [-0.4, -0.2) is 37.9 Å². The van der Waals surface area contributed by atoms with Crippen molar-refractivity contribution < 1.29 is 23.8 Å². The lowest BCUT2D eigenvalue weighted by atomic mass is 10.0. The van der Waals surface area contributed by atoms with Crippen molar-refractivity contribution in [3.05, 3.63) is 60.8 Å². The molecule has 0 saturated carbocycles. The van der Waals surface area contributed by atoms with Gasteiger partial charge in [-0.15, -0.1) is 0 Å². The average Bonchev–Trinajstić information content (AvgIpc) is 3.32. The molecule has 0 rings (SSSR count). The molecule has 0 radical (unpaired) electrons. The zero-order valence-corrected chi connectivity index (χ0v) is 44.2. The number of unbranched alkanes of at least 4 members (excludes halogenated alkanes) is 32. The van der Waals surface area contributed by atoms with Gasteiger partial charge < -0.3 is 14.2 Å². The molecule has 1 unspecified atom stereocenters. The van der Waals surface area contributed by atoms with Crippen molar-refractivity contribution in [2.24, 2.45) is 0 Å². The summed E-state index contributed by atoms with van der Waals surface area (Å²) >= 11 is 0. The Morgan fingerprint density at radius 3 is 1.11 bits per heavy atom. The summed E-state index contributed by atoms with van der Waals surface area (Å²) in [6, 6.07) is 0. The number of ether oxygens (including phenoxy) is 3. The minimum Gasteiger partial charge on any atom is -0.462 e. The van der Waals surface area contributed by atoms with Crippen molar-refractivity contribution >= 4 is 11.9 Å². The van der Waals surface area contributed by atoms with Crippen LogP contribution in [0.3, 0.4) is 0 Å². The van der Waals surface area contributed by atoms with Gasteiger partial charge in [-0.3, -0.25) is 9.59 Å². The Morgan fingerprint density at radius 1 is 0.348 bits per heavy atom. The lowest BCUT2D eigenvalue weighted by molar-refractivity contribution is -0.163. The van der Waals surface area contributed by atoms with Gasteiger partial charge in [-0.2, -0.15) is 0 Å². The van der Waals surface area contributed by atoms with Crippen LogP contribution in [-0.2, 0) is 23.8 Å². The highest BCUT2D eigenvalue weighted by atomic mass is 16.6. The summed E-state index contributed by atoms with van der Waals surface area (Å²) in [4.78, 5) is 25.5. The first-order chi connectivity index (χ1) is 32.6. The Balaban J connectivity index is 4.28. The van der Waals surface area contributed by atoms with Crippen molar-refractivity contribution in [3.8, 4) is 0 Å². The molecule has 0 fully saturated rings. The minimum atomic E-state index is -0.544. The quantitative estimate of drug-likeness (QED) is 0.0346. The van der Waals surface area contributed by atoms with Crippen LogP contribution in [0.2, 0.25) is 0 Å². The summed E-state index contributed by atoms with van der Waals surface area (Å²) in [6.45, 7) is 7.73. The van der Waals surface area contributed by atoms with Crippen LogP contribution in [0.25, 0.3) is 0 Å². The largest absolute Gasteiger partial charge is 0.462 e. The number of rotatable bonds is 53. The molecule has 0 aromatic heterocycles. The minimum absolute atomic E-state index is 0.0775. The maximum absolute atomic E-state index is 12.9. The third kappa shape index (κ3) is 54.2. The van der Waals surface area contributed by atoms with E-state index in [1.807, 2.05) is 0 Å². The van der Waals surface area contributed by atoms with Crippen molar-refractivity contribution in [1.29, 1.82) is 0 Å². The van der Waals surface area contributed by atoms with E-state index in [4.69, 9.17) is 14.2 Å². The third-order valence-corrected chi connectivity index (χ3v) is 12.5. The van der Waals surface area contributed by atoms with Gasteiger partial charge in [0.15, 0.2) is 6.10 Å². The van der Waals surface area contributed by atoms with Crippen LogP contribution in [0.4, 0.5) is 0 Å². The number of hydrogen-bond acceptors (Lipinski definition) is 5. The Bertz CT molecular complexity index is 1130. The predicted molar refractivity (Wildman–Crippen MR) is 288 cm³/mol. The SMILES string of the molecule is CC/C=C\C/C=C\C/C=C\C/C=C\CCCCCCCCC(=O)OCC(COCCCCCCCC/C=C\CCCCCCCC)OC(=O)CCCCCCCCCCCCCCCCC. The van der Waals surface area contributed by atoms with Gasteiger partial charge in [0.1, 0.15) is 6.61 Å². The molecule has 0 aliphatic carbocycles. The van der Waals surface area contributed by atoms with E-state index >= 15 is 0 Å². The van der Waals surface area contributed by atoms with Crippen molar-refractivity contribution in [2.45, 2.75) is 297 Å². The fraction of sp³-hybridized carbons (Fsp3) is 0.803. The van der Waals surface area contributed by atoms with Gasteiger partial charge >= 0.3 is 11.9 Å². The lowest BCUT2D eigenvalue weighted by Crippen LogP contribution is -2.30. The number of carbonyl (C=O) groups excluding carboxylic acids is 2. The summed E-state index contributed by atoms with van der Waals surface area (Å²) in [5.74, 6) is -0.403. The van der Waals surface area contributed by atoms with Gasteiger partial charge in [0.25, 0.3) is 0 Å². The smallest absolute Gasteiger partial charge is 0.306 e. The Labute approximate surface area is 411 Å². The van der Waals surface area contributed by atoms with Crippen molar-refractivity contribution in [1.82, 2.24) is 0 Å². The molecule has 66 heavy (non-hydrogen) atoms. The first kappa shape index (κ1) is 63.6. The molecular weight excluding hydrogens is 813 g/mol. The molecule has 0 aliphatic heterocycles. The molecule has 0 heterocycles. The van der Waals surface area contributed by atoms with Crippen LogP contribution < -0.4 is 0 Å². The molecule has 1 atom stereocenters. The molecule has 0 aliphatic rings. The average molecular weight is 924 g/mol. The normalized spacial score (nSPS) is 12.6. The van der Waals surface area contributed by atoms with E-state index < -0.39 is 6.10 Å². The molecule has 5 heteroatoms. The van der Waals surface area contributed by atoms with Gasteiger partial charge in [-0.25, -0.2) is 0 Å². The second-order valence-electron chi connectivity index (χ2n) is 19.2. The molecule has 0 amide bonds. The van der Waals surface area contributed by atoms with Crippen molar-refractivity contribution in [3.63, 3.8) is 0 Å². The van der Waals surface area contributed by atoms with E-state index in [1.165, 1.54) is 180 Å². The van der Waals surface area contributed by atoms with Gasteiger partial charge in [-0.05, 0) is 83.5 Å². The molecule has 0 bridgehead atoms. The number of hydrogen-bond donors (Lipinski definition) is 0. The molecule has 5 nitrogen and oxygen atoms in total. The van der Waals surface area contributed by atoms with E-state index in [9.17, 15) is 9.59 Å². The summed E-state index contributed by atoms with van der Waals surface area (Å²) in [6.07, 6.45) is 72.4. The Morgan fingerprint density at radius 2 is 0.682 bits per heavy atom. The van der Waals surface area contributed by atoms with Gasteiger partial charge in [0.05, 0.1) is 6.61 Å². The summed E-state index contributed by atoms with van der Waals surface area (Å²) < 4.78 is 17.5. The second-order valence-corrected chi connectivity index (χ2v) is 19.2. The van der Waals surface area contributed by atoms with Crippen LogP contribution in [0.15, 0.2) is 60.8 Å². The molecule has 0 aromatic rings. The summed E-state index contributed by atoms with van der Waals surface area (Å²) in [5.41, 5.74) is 0. The standard InChI is InChI=1S/C61H110O5/c1-4-7-10-13-16-19-22-25-28-30-31-32-34-36-39-42-45-48-51-54-60(62)65-58-59(57-64-56-53-50-47-44-41-38-35-29-26-23-20-17-14-11-8-5-2)66-61(63)55-52-49-46-43-40-37-33-27-24-21-18-15-12-9-6-3/h7,10,16,19,25-26,28-29,31-32,59H,4-6,8-9,11-15,17-18,20-24,27,30,33-58H2,1-3H3/b10-7-,19-16-,28-25-,29-26-,32-31-. The van der Waals surface area contributed by atoms with Crippen LogP contribution >= 0.6 is 0 Å². The first-order valence-electron chi connectivity index (χ1n) is 28.8. The lowest BCUT2D eigenvalue weighted by Gasteiger charge is -2.18. The monoisotopic (exact) mass is 923 g/mol. The van der Waals surface area contributed by atoms with Crippen LogP contribution in [0.1, 0.15) is 290 Å². The highest BCUT2D eigenvalue weighted by molar-refractivity contribution is 5.70. The molecule has 0 spiro atoms. The molecule has 0 saturated heterocycles. The summed E-state index contributed by atoms with van der Waals surface area (Å²) in [5, 5.41) is 0. The molecular formula is C61H110O5. The zero-order valence-electron chi connectivity index (χ0n) is 44.2. The fourth-order valence-corrected chi connectivity index (χ4v) is 8.26. The first-order valence-corrected chi connectivity index (χ1v) is 28.8.